The van der Waals surface area contributed by atoms with Gasteiger partial charge in [0.2, 0.25) is 0 Å². The monoisotopic (exact) mass is 263 g/mol. The molecule has 0 saturated carbocycles. The zero-order chi connectivity index (χ0) is 14.6. The molecule has 0 aliphatic carbocycles. The number of hydrogen-bond donors (Lipinski definition) is 0. The first-order chi connectivity index (χ1) is 8.67. The van der Waals surface area contributed by atoms with Gasteiger partial charge in [0.05, 0.1) is 6.42 Å². The number of esters is 1. The largest absolute Gasteiger partial charge is 0.460 e. The van der Waals surface area contributed by atoms with Gasteiger partial charge in [-0.25, -0.2) is 0 Å². The number of anilines is 1. The van der Waals surface area contributed by atoms with Crippen LogP contribution in [0.2, 0.25) is 0 Å². The Hall–Kier alpha value is -1.51. The molecule has 0 aliphatic rings. The van der Waals surface area contributed by atoms with Gasteiger partial charge >= 0.3 is 5.97 Å². The molecule has 0 bridgehead atoms. The number of carbonyl (C=O) groups excluding carboxylic acids is 1. The van der Waals surface area contributed by atoms with E-state index < -0.39 is 5.60 Å². The van der Waals surface area contributed by atoms with E-state index in [1.807, 2.05) is 27.8 Å². The first-order valence-corrected chi connectivity index (χ1v) is 6.69. The van der Waals surface area contributed by atoms with Gasteiger partial charge in [-0.2, -0.15) is 0 Å². The minimum atomic E-state index is -0.407. The number of hydrogen-bond acceptors (Lipinski definition) is 3. The average Bonchev–Trinajstić information content (AvgIpc) is 2.22. The Labute approximate surface area is 116 Å². The topological polar surface area (TPSA) is 29.5 Å². The molecule has 106 valence electrons. The number of rotatable bonds is 4. The summed E-state index contributed by atoms with van der Waals surface area (Å²) in [4.78, 5) is 13.8. The van der Waals surface area contributed by atoms with E-state index in [0.29, 0.717) is 13.0 Å². The Morgan fingerprint density at radius 2 is 1.68 bits per heavy atom. The highest BCUT2D eigenvalue weighted by Gasteiger charge is 2.16. The van der Waals surface area contributed by atoms with Gasteiger partial charge in [-0.05, 0) is 57.9 Å². The van der Waals surface area contributed by atoms with Crippen molar-refractivity contribution in [2.24, 2.45) is 0 Å². The molecule has 1 rings (SSSR count). The molecule has 0 atom stereocenters. The fourth-order valence-corrected chi connectivity index (χ4v) is 1.95. The van der Waals surface area contributed by atoms with E-state index in [2.05, 4.69) is 36.9 Å². The Morgan fingerprint density at radius 1 is 1.16 bits per heavy atom. The minimum Gasteiger partial charge on any atom is -0.460 e. The van der Waals surface area contributed by atoms with Crippen LogP contribution in [0.25, 0.3) is 0 Å². The highest BCUT2D eigenvalue weighted by atomic mass is 16.6. The van der Waals surface area contributed by atoms with E-state index >= 15 is 0 Å². The fourth-order valence-electron chi connectivity index (χ4n) is 1.95. The van der Waals surface area contributed by atoms with Crippen molar-refractivity contribution in [1.82, 2.24) is 0 Å². The summed E-state index contributed by atoms with van der Waals surface area (Å²) in [7, 11) is 2.00. The summed E-state index contributed by atoms with van der Waals surface area (Å²) in [5, 5.41) is 0. The van der Waals surface area contributed by atoms with Crippen molar-refractivity contribution in [3.63, 3.8) is 0 Å². The second kappa shape index (κ2) is 6.09. The molecule has 0 spiro atoms. The summed E-state index contributed by atoms with van der Waals surface area (Å²) in [5.74, 6) is -0.149. The first kappa shape index (κ1) is 15.5. The molecule has 0 saturated heterocycles. The summed E-state index contributed by atoms with van der Waals surface area (Å²) >= 11 is 0. The average molecular weight is 263 g/mol. The van der Waals surface area contributed by atoms with E-state index in [0.717, 1.165) is 5.69 Å². The van der Waals surface area contributed by atoms with Crippen molar-refractivity contribution >= 4 is 11.7 Å². The van der Waals surface area contributed by atoms with Gasteiger partial charge in [-0.15, -0.1) is 0 Å². The van der Waals surface area contributed by atoms with Crippen molar-refractivity contribution in [2.45, 2.75) is 46.6 Å². The maximum absolute atomic E-state index is 11.7. The molecule has 1 aromatic rings. The third-order valence-electron chi connectivity index (χ3n) is 2.72. The second-order valence-electron chi connectivity index (χ2n) is 6.10. The number of carbonyl (C=O) groups is 1. The van der Waals surface area contributed by atoms with Crippen LogP contribution in [0, 0.1) is 13.8 Å². The van der Waals surface area contributed by atoms with Crippen molar-refractivity contribution in [1.29, 1.82) is 0 Å². The van der Waals surface area contributed by atoms with Crippen LogP contribution in [-0.4, -0.2) is 25.2 Å². The molecule has 0 N–H and O–H groups in total. The Kier molecular flexibility index (Phi) is 4.98. The van der Waals surface area contributed by atoms with Crippen LogP contribution < -0.4 is 4.90 Å². The molecule has 0 aromatic heterocycles. The van der Waals surface area contributed by atoms with Crippen LogP contribution >= 0.6 is 0 Å². The van der Waals surface area contributed by atoms with Gasteiger partial charge in [0.25, 0.3) is 0 Å². The van der Waals surface area contributed by atoms with Gasteiger partial charge in [-0.3, -0.25) is 4.79 Å². The molecule has 1 aromatic carbocycles. The fraction of sp³-hybridized carbons (Fsp3) is 0.562. The van der Waals surface area contributed by atoms with Crippen molar-refractivity contribution in [3.05, 3.63) is 29.3 Å². The van der Waals surface area contributed by atoms with Gasteiger partial charge in [0.15, 0.2) is 0 Å². The highest BCUT2D eigenvalue weighted by molar-refractivity contribution is 5.70. The molecule has 3 heteroatoms. The van der Waals surface area contributed by atoms with E-state index in [9.17, 15) is 4.79 Å². The number of benzene rings is 1. The van der Waals surface area contributed by atoms with Gasteiger partial charge < -0.3 is 9.64 Å². The molecule has 0 radical (unpaired) electrons. The highest BCUT2D eigenvalue weighted by Crippen LogP contribution is 2.18. The molecule has 0 heterocycles. The third kappa shape index (κ3) is 5.77. The zero-order valence-electron chi connectivity index (χ0n) is 12.9. The number of ether oxygens (including phenoxy) is 1. The SMILES string of the molecule is Cc1cc(C)cc(N(C)CCC(=O)OC(C)(C)C)c1. The van der Waals surface area contributed by atoms with E-state index in [4.69, 9.17) is 4.74 Å². The summed E-state index contributed by atoms with van der Waals surface area (Å²) in [6.45, 7) is 10.5. The lowest BCUT2D eigenvalue weighted by Crippen LogP contribution is -2.27. The Morgan fingerprint density at radius 3 is 2.16 bits per heavy atom. The second-order valence-corrected chi connectivity index (χ2v) is 6.10. The molecule has 3 nitrogen and oxygen atoms in total. The predicted molar refractivity (Wildman–Crippen MR) is 79.6 cm³/mol. The predicted octanol–water partition coefficient (Wildman–Crippen LogP) is 3.47. The smallest absolute Gasteiger partial charge is 0.308 e. The normalized spacial score (nSPS) is 11.3. The molecule has 0 aliphatic heterocycles. The van der Waals surface area contributed by atoms with E-state index in [1.54, 1.807) is 0 Å². The molecular weight excluding hydrogens is 238 g/mol. The standard InChI is InChI=1S/C16H25NO2/c1-12-9-13(2)11-14(10-12)17(6)8-7-15(18)19-16(3,4)5/h9-11H,7-8H2,1-6H3. The molecule has 0 amide bonds. The Bertz CT molecular complexity index is 426. The summed E-state index contributed by atoms with van der Waals surface area (Å²) < 4.78 is 5.31. The van der Waals surface area contributed by atoms with Crippen molar-refractivity contribution in [2.75, 3.05) is 18.5 Å². The minimum absolute atomic E-state index is 0.149. The lowest BCUT2D eigenvalue weighted by atomic mass is 10.1. The van der Waals surface area contributed by atoms with Crippen molar-refractivity contribution in [3.8, 4) is 0 Å². The number of nitrogens with zero attached hydrogens (tertiary/aromatic N) is 1. The van der Waals surface area contributed by atoms with Gasteiger partial charge in [-0.1, -0.05) is 6.07 Å². The maximum Gasteiger partial charge on any atom is 0.308 e. The molecule has 0 fully saturated rings. The first-order valence-electron chi connectivity index (χ1n) is 6.69. The van der Waals surface area contributed by atoms with E-state index in [1.165, 1.54) is 11.1 Å². The Balaban J connectivity index is 2.56. The quantitative estimate of drug-likeness (QED) is 0.779. The van der Waals surface area contributed by atoms with Crippen LogP contribution in [0.1, 0.15) is 38.3 Å². The van der Waals surface area contributed by atoms with Crippen LogP contribution in [0.3, 0.4) is 0 Å². The third-order valence-corrected chi connectivity index (χ3v) is 2.72. The summed E-state index contributed by atoms with van der Waals surface area (Å²) in [5.41, 5.74) is 3.20. The zero-order valence-corrected chi connectivity index (χ0v) is 12.9. The van der Waals surface area contributed by atoms with Gasteiger partial charge in [0.1, 0.15) is 5.60 Å². The molecular formula is C16H25NO2. The van der Waals surface area contributed by atoms with Crippen LogP contribution in [-0.2, 0) is 9.53 Å². The van der Waals surface area contributed by atoms with Gasteiger partial charge in [0, 0.05) is 19.3 Å². The number of aryl methyl sites for hydroxylation is 2. The van der Waals surface area contributed by atoms with Crippen LogP contribution in [0.5, 0.6) is 0 Å². The molecule has 19 heavy (non-hydrogen) atoms. The van der Waals surface area contributed by atoms with Crippen LogP contribution in [0.4, 0.5) is 5.69 Å². The van der Waals surface area contributed by atoms with E-state index in [-0.39, 0.29) is 5.97 Å². The summed E-state index contributed by atoms with van der Waals surface area (Å²) in [6.07, 6.45) is 0.404. The lowest BCUT2D eigenvalue weighted by Gasteiger charge is -2.23. The summed E-state index contributed by atoms with van der Waals surface area (Å²) in [6, 6.07) is 6.40. The maximum atomic E-state index is 11.7. The van der Waals surface area contributed by atoms with Crippen molar-refractivity contribution < 1.29 is 9.53 Å². The molecule has 0 unspecified atom stereocenters. The van der Waals surface area contributed by atoms with Crippen LogP contribution in [0.15, 0.2) is 18.2 Å². The lowest BCUT2D eigenvalue weighted by molar-refractivity contribution is -0.154.